The lowest BCUT2D eigenvalue weighted by Gasteiger charge is -2.33. The van der Waals surface area contributed by atoms with Gasteiger partial charge >= 0.3 is 0 Å². The second-order valence-electron chi connectivity index (χ2n) is 10.1. The zero-order chi connectivity index (χ0) is 24.3. The number of rotatable bonds is 2. The fourth-order valence-corrected chi connectivity index (χ4v) is 7.48. The van der Waals surface area contributed by atoms with Gasteiger partial charge in [-0.05, 0) is 78.1 Å². The first-order valence-electron chi connectivity index (χ1n) is 13.1. The van der Waals surface area contributed by atoms with Gasteiger partial charge in [0.15, 0.2) is 0 Å². The highest BCUT2D eigenvalue weighted by Crippen LogP contribution is 2.55. The summed E-state index contributed by atoms with van der Waals surface area (Å²) in [6, 6.07) is 33.2. The summed E-state index contributed by atoms with van der Waals surface area (Å²) >= 11 is 1.86. The molecule has 1 N–H and O–H groups in total. The molecule has 8 rings (SSSR count). The van der Waals surface area contributed by atoms with E-state index in [9.17, 15) is 0 Å². The summed E-state index contributed by atoms with van der Waals surface area (Å²) in [7, 11) is 0. The Morgan fingerprint density at radius 2 is 1.65 bits per heavy atom. The molecule has 2 aliphatic carbocycles. The van der Waals surface area contributed by atoms with E-state index in [-0.39, 0.29) is 0 Å². The highest BCUT2D eigenvalue weighted by Gasteiger charge is 2.38. The minimum absolute atomic E-state index is 0.360. The van der Waals surface area contributed by atoms with Gasteiger partial charge in [0.05, 0.1) is 11.4 Å². The van der Waals surface area contributed by atoms with Crippen molar-refractivity contribution in [2.45, 2.75) is 28.6 Å². The van der Waals surface area contributed by atoms with Crippen LogP contribution in [0.2, 0.25) is 0 Å². The number of nitrogens with one attached hydrogen (secondary N) is 1. The van der Waals surface area contributed by atoms with E-state index in [1.54, 1.807) is 5.57 Å². The zero-order valence-electron chi connectivity index (χ0n) is 20.4. The van der Waals surface area contributed by atoms with Crippen LogP contribution in [0.4, 0.5) is 22.7 Å². The molecule has 3 heteroatoms. The number of anilines is 4. The molecule has 0 amide bonds. The molecule has 2 atom stereocenters. The van der Waals surface area contributed by atoms with Gasteiger partial charge in [0.25, 0.3) is 0 Å². The number of benzene rings is 4. The first-order valence-corrected chi connectivity index (χ1v) is 13.9. The average Bonchev–Trinajstić information content (AvgIpc) is 3.35. The van der Waals surface area contributed by atoms with Crippen molar-refractivity contribution in [2.75, 3.05) is 10.2 Å². The lowest BCUT2D eigenvalue weighted by molar-refractivity contribution is 0.603. The largest absolute Gasteiger partial charge is 0.358 e. The van der Waals surface area contributed by atoms with E-state index in [0.29, 0.717) is 11.8 Å². The molecule has 0 fully saturated rings. The van der Waals surface area contributed by atoms with Crippen molar-refractivity contribution in [3.05, 3.63) is 132 Å². The molecule has 178 valence electrons. The van der Waals surface area contributed by atoms with E-state index >= 15 is 0 Å². The summed E-state index contributed by atoms with van der Waals surface area (Å²) in [6.45, 7) is 0. The first-order chi connectivity index (χ1) is 18.3. The third kappa shape index (κ3) is 3.27. The van der Waals surface area contributed by atoms with Crippen LogP contribution in [-0.4, -0.2) is 0 Å². The topological polar surface area (TPSA) is 15.3 Å². The van der Waals surface area contributed by atoms with Gasteiger partial charge in [-0.3, -0.25) is 0 Å². The van der Waals surface area contributed by atoms with Gasteiger partial charge in [-0.1, -0.05) is 84.1 Å². The number of hydrogen-bond acceptors (Lipinski definition) is 3. The second kappa shape index (κ2) is 8.29. The summed E-state index contributed by atoms with van der Waals surface area (Å²) in [6.07, 6.45) is 11.8. The second-order valence-corrected chi connectivity index (χ2v) is 11.2. The highest BCUT2D eigenvalue weighted by atomic mass is 32.2. The Balaban J connectivity index is 1.29. The minimum Gasteiger partial charge on any atom is -0.358 e. The van der Waals surface area contributed by atoms with Crippen LogP contribution in [0.25, 0.3) is 11.1 Å². The van der Waals surface area contributed by atoms with Crippen molar-refractivity contribution in [1.29, 1.82) is 0 Å². The van der Waals surface area contributed by atoms with Gasteiger partial charge < -0.3 is 10.2 Å². The summed E-state index contributed by atoms with van der Waals surface area (Å²) in [5.74, 6) is 0.809. The Kier molecular flexibility index (Phi) is 4.74. The predicted molar refractivity (Wildman–Crippen MR) is 155 cm³/mol. The van der Waals surface area contributed by atoms with Gasteiger partial charge in [0.1, 0.15) is 0 Å². The Morgan fingerprint density at radius 1 is 0.784 bits per heavy atom. The Morgan fingerprint density at radius 3 is 2.59 bits per heavy atom. The standard InChI is InChI=1S/C34H26N2S/c1-2-10-24(11-3-1)36-29-15-6-7-16-31(29)37-32-20-18-23(21-30(32)36)26-13-8-14-27-34(26)33-25-12-5-4-9-22(25)17-19-28(33)35-27/h1-3,5-8,10-21,25,33,35H,4,9H2. The molecule has 0 bridgehead atoms. The minimum atomic E-state index is 0.360. The molecule has 0 saturated heterocycles. The molecule has 4 aromatic carbocycles. The maximum absolute atomic E-state index is 3.76. The number of hydrogen-bond donors (Lipinski definition) is 1. The number of fused-ring (bicyclic) bond motifs is 7. The SMILES string of the molecule is C1=CC2C(=CC=C3Nc4cccc(-c5ccc6c(c5)N(c5ccccc5)c5ccccc5S6)c4C32)CC1. The highest BCUT2D eigenvalue weighted by molar-refractivity contribution is 7.99. The molecule has 0 saturated carbocycles. The van der Waals surface area contributed by atoms with Crippen molar-refractivity contribution >= 4 is 34.5 Å². The summed E-state index contributed by atoms with van der Waals surface area (Å²) in [5, 5.41) is 3.76. The number of nitrogens with zero attached hydrogens (tertiary/aromatic N) is 1. The van der Waals surface area contributed by atoms with Crippen LogP contribution >= 0.6 is 11.8 Å². The maximum atomic E-state index is 3.76. The molecule has 0 spiro atoms. The lowest BCUT2D eigenvalue weighted by Crippen LogP contribution is -2.19. The first kappa shape index (κ1) is 21.2. The van der Waals surface area contributed by atoms with Crippen LogP contribution in [-0.2, 0) is 0 Å². The van der Waals surface area contributed by atoms with Gasteiger partial charge in [0.2, 0.25) is 0 Å². The van der Waals surface area contributed by atoms with Crippen LogP contribution in [0, 0.1) is 5.92 Å². The van der Waals surface area contributed by atoms with Crippen LogP contribution in [0.3, 0.4) is 0 Å². The van der Waals surface area contributed by atoms with Crippen LogP contribution in [0.5, 0.6) is 0 Å². The Labute approximate surface area is 222 Å². The molecule has 2 unspecified atom stereocenters. The van der Waals surface area contributed by atoms with Crippen molar-refractivity contribution in [1.82, 2.24) is 0 Å². The van der Waals surface area contributed by atoms with Crippen molar-refractivity contribution in [3.8, 4) is 11.1 Å². The smallest absolute Gasteiger partial charge is 0.0607 e. The molecular formula is C34H26N2S. The summed E-state index contributed by atoms with van der Waals surface area (Å²) in [4.78, 5) is 5.00. The monoisotopic (exact) mass is 494 g/mol. The van der Waals surface area contributed by atoms with E-state index in [1.165, 1.54) is 61.3 Å². The van der Waals surface area contributed by atoms with Crippen LogP contribution in [0.1, 0.15) is 24.3 Å². The van der Waals surface area contributed by atoms with Gasteiger partial charge in [-0.2, -0.15) is 0 Å². The van der Waals surface area contributed by atoms with E-state index in [4.69, 9.17) is 0 Å². The van der Waals surface area contributed by atoms with E-state index in [1.807, 2.05) is 11.8 Å². The van der Waals surface area contributed by atoms with Gasteiger partial charge in [0, 0.05) is 38.7 Å². The predicted octanol–water partition coefficient (Wildman–Crippen LogP) is 9.59. The van der Waals surface area contributed by atoms with Crippen LogP contribution in [0.15, 0.2) is 136 Å². The van der Waals surface area contributed by atoms with Gasteiger partial charge in [-0.15, -0.1) is 0 Å². The summed E-state index contributed by atoms with van der Waals surface area (Å²) < 4.78 is 0. The molecule has 0 aromatic heterocycles. The molecule has 2 nitrogen and oxygen atoms in total. The third-order valence-corrected chi connectivity index (χ3v) is 9.22. The van der Waals surface area contributed by atoms with Crippen LogP contribution < -0.4 is 10.2 Å². The fraction of sp³-hybridized carbons (Fsp3) is 0.118. The summed E-state index contributed by atoms with van der Waals surface area (Å²) in [5.41, 5.74) is 11.9. The van der Waals surface area contributed by atoms with E-state index in [0.717, 1.165) is 6.42 Å². The zero-order valence-corrected chi connectivity index (χ0v) is 21.2. The quantitative estimate of drug-likeness (QED) is 0.246. The molecule has 37 heavy (non-hydrogen) atoms. The van der Waals surface area contributed by atoms with E-state index in [2.05, 4.69) is 126 Å². The molecular weight excluding hydrogens is 468 g/mol. The lowest BCUT2D eigenvalue weighted by atomic mass is 9.72. The fourth-order valence-electron chi connectivity index (χ4n) is 6.45. The Bertz CT molecular complexity index is 1650. The van der Waals surface area contributed by atoms with Crippen molar-refractivity contribution < 1.29 is 0 Å². The molecule has 4 aromatic rings. The van der Waals surface area contributed by atoms with Crippen molar-refractivity contribution in [2.24, 2.45) is 5.92 Å². The molecule has 0 radical (unpaired) electrons. The third-order valence-electron chi connectivity index (χ3n) is 8.09. The number of allylic oxidation sites excluding steroid dienone is 6. The molecule has 2 heterocycles. The molecule has 4 aliphatic rings. The van der Waals surface area contributed by atoms with E-state index < -0.39 is 0 Å². The van der Waals surface area contributed by atoms with Crippen molar-refractivity contribution in [3.63, 3.8) is 0 Å². The number of para-hydroxylation sites is 2. The maximum Gasteiger partial charge on any atom is 0.0607 e. The molecule has 2 aliphatic heterocycles. The average molecular weight is 495 g/mol. The Hall–Kier alpha value is -3.95. The van der Waals surface area contributed by atoms with Gasteiger partial charge in [-0.25, -0.2) is 0 Å². The normalized spacial score (nSPS) is 20.5.